The fraction of sp³-hybridized carbons (Fsp3) is 0.167. The number of fused-ring (bicyclic) bond motifs is 1. The number of halogens is 1. The van der Waals surface area contributed by atoms with Crippen LogP contribution in [0.3, 0.4) is 0 Å². The van der Waals surface area contributed by atoms with E-state index in [4.69, 9.17) is 4.98 Å². The van der Waals surface area contributed by atoms with Crippen molar-refractivity contribution in [3.8, 4) is 0 Å². The molecule has 0 aliphatic heterocycles. The normalized spacial score (nSPS) is 12.1. The summed E-state index contributed by atoms with van der Waals surface area (Å²) >= 11 is 0. The van der Waals surface area contributed by atoms with Crippen molar-refractivity contribution in [1.82, 2.24) is 14.9 Å². The van der Waals surface area contributed by atoms with E-state index in [2.05, 4.69) is 5.32 Å². The number of benzene rings is 3. The summed E-state index contributed by atoms with van der Waals surface area (Å²) in [6, 6.07) is 21.5. The molecule has 146 valence electrons. The Morgan fingerprint density at radius 3 is 2.48 bits per heavy atom. The van der Waals surface area contributed by atoms with Crippen LogP contribution in [0.2, 0.25) is 0 Å². The molecule has 1 unspecified atom stereocenters. The molecule has 0 fully saturated rings. The Hall–Kier alpha value is -3.47. The van der Waals surface area contributed by atoms with Gasteiger partial charge in [0.25, 0.3) is 5.91 Å². The zero-order valence-corrected chi connectivity index (χ0v) is 16.4. The number of hydrogen-bond donors (Lipinski definition) is 1. The van der Waals surface area contributed by atoms with E-state index in [0.29, 0.717) is 23.5 Å². The Balaban J connectivity index is 1.68. The fourth-order valence-electron chi connectivity index (χ4n) is 3.44. The number of amides is 1. The second-order valence-corrected chi connectivity index (χ2v) is 7.20. The maximum atomic E-state index is 14.3. The minimum absolute atomic E-state index is 0.165. The summed E-state index contributed by atoms with van der Waals surface area (Å²) in [6.07, 6.45) is 0. The minimum atomic E-state index is -0.344. The van der Waals surface area contributed by atoms with Gasteiger partial charge in [-0.25, -0.2) is 9.37 Å². The van der Waals surface area contributed by atoms with E-state index < -0.39 is 0 Å². The number of imidazole rings is 1. The molecule has 0 bridgehead atoms. The van der Waals surface area contributed by atoms with Crippen molar-refractivity contribution in [1.29, 1.82) is 0 Å². The van der Waals surface area contributed by atoms with Gasteiger partial charge in [0, 0.05) is 11.1 Å². The van der Waals surface area contributed by atoms with Crippen LogP contribution >= 0.6 is 0 Å². The number of para-hydroxylation sites is 2. The standard InChI is InChI=1S/C24H22FN3O/c1-16-11-13-18(14-12-16)24(29)26-17(2)23-27-21-9-5-6-10-22(21)28(23)15-19-7-3-4-8-20(19)25/h3-14,17H,15H2,1-2H3,(H,26,29). The zero-order valence-electron chi connectivity index (χ0n) is 16.4. The number of carbonyl (C=O) groups excluding carboxylic acids is 1. The van der Waals surface area contributed by atoms with Crippen LogP contribution < -0.4 is 5.32 Å². The lowest BCUT2D eigenvalue weighted by Crippen LogP contribution is -2.28. The molecule has 0 saturated heterocycles. The van der Waals surface area contributed by atoms with E-state index >= 15 is 0 Å². The van der Waals surface area contributed by atoms with Crippen molar-refractivity contribution in [3.63, 3.8) is 0 Å². The van der Waals surface area contributed by atoms with Crippen molar-refractivity contribution in [2.24, 2.45) is 0 Å². The van der Waals surface area contributed by atoms with Crippen LogP contribution in [0.25, 0.3) is 11.0 Å². The molecule has 1 aromatic heterocycles. The van der Waals surface area contributed by atoms with Crippen LogP contribution in [-0.4, -0.2) is 15.5 Å². The van der Waals surface area contributed by atoms with Crippen LogP contribution in [0.15, 0.2) is 72.8 Å². The monoisotopic (exact) mass is 387 g/mol. The van der Waals surface area contributed by atoms with E-state index in [9.17, 15) is 9.18 Å². The second-order valence-electron chi connectivity index (χ2n) is 7.20. The molecule has 4 nitrogen and oxygen atoms in total. The molecule has 5 heteroatoms. The molecule has 1 amide bonds. The maximum absolute atomic E-state index is 14.3. The molecule has 3 aromatic carbocycles. The molecule has 4 rings (SSSR count). The summed E-state index contributed by atoms with van der Waals surface area (Å²) in [5, 5.41) is 3.02. The molecule has 1 N–H and O–H groups in total. The average molecular weight is 387 g/mol. The topological polar surface area (TPSA) is 46.9 Å². The van der Waals surface area contributed by atoms with Gasteiger partial charge in [-0.05, 0) is 44.2 Å². The molecule has 0 aliphatic rings. The SMILES string of the molecule is Cc1ccc(C(=O)NC(C)c2nc3ccccc3n2Cc2ccccc2F)cc1. The van der Waals surface area contributed by atoms with Crippen LogP contribution in [-0.2, 0) is 6.54 Å². The number of aryl methyl sites for hydroxylation is 1. The molecule has 0 spiro atoms. The van der Waals surface area contributed by atoms with E-state index in [0.717, 1.165) is 16.6 Å². The van der Waals surface area contributed by atoms with Gasteiger partial charge in [-0.2, -0.15) is 0 Å². The number of hydrogen-bond acceptors (Lipinski definition) is 2. The smallest absolute Gasteiger partial charge is 0.251 e. The van der Waals surface area contributed by atoms with Gasteiger partial charge < -0.3 is 9.88 Å². The third-order valence-electron chi connectivity index (χ3n) is 5.02. The minimum Gasteiger partial charge on any atom is -0.342 e. The Morgan fingerprint density at radius 2 is 1.72 bits per heavy atom. The van der Waals surface area contributed by atoms with Gasteiger partial charge in [0.15, 0.2) is 0 Å². The van der Waals surface area contributed by atoms with Crippen molar-refractivity contribution in [2.75, 3.05) is 0 Å². The highest BCUT2D eigenvalue weighted by Crippen LogP contribution is 2.23. The summed E-state index contributed by atoms with van der Waals surface area (Å²) in [5.41, 5.74) is 3.99. The average Bonchev–Trinajstić information content (AvgIpc) is 3.09. The highest BCUT2D eigenvalue weighted by atomic mass is 19.1. The first-order valence-electron chi connectivity index (χ1n) is 9.59. The number of nitrogens with one attached hydrogen (secondary N) is 1. The van der Waals surface area contributed by atoms with Gasteiger partial charge in [0.1, 0.15) is 11.6 Å². The van der Waals surface area contributed by atoms with E-state index in [-0.39, 0.29) is 17.8 Å². The van der Waals surface area contributed by atoms with Crippen LogP contribution in [0.1, 0.15) is 40.3 Å². The summed E-state index contributed by atoms with van der Waals surface area (Å²) in [7, 11) is 0. The van der Waals surface area contributed by atoms with Crippen molar-refractivity contribution >= 4 is 16.9 Å². The number of rotatable bonds is 5. The van der Waals surface area contributed by atoms with Crippen molar-refractivity contribution < 1.29 is 9.18 Å². The summed E-state index contributed by atoms with van der Waals surface area (Å²) in [5.74, 6) is 0.268. The van der Waals surface area contributed by atoms with E-state index in [1.807, 2.05) is 60.9 Å². The molecule has 0 saturated carbocycles. The molecule has 1 atom stereocenters. The summed E-state index contributed by atoms with van der Waals surface area (Å²) < 4.78 is 16.2. The molecular formula is C24H22FN3O. The van der Waals surface area contributed by atoms with Crippen molar-refractivity contribution in [3.05, 3.63) is 101 Å². The largest absolute Gasteiger partial charge is 0.342 e. The predicted octanol–water partition coefficient (Wildman–Crippen LogP) is 5.02. The van der Waals surface area contributed by atoms with E-state index in [1.165, 1.54) is 6.07 Å². The Labute approximate surface area is 169 Å². The van der Waals surface area contributed by atoms with Crippen LogP contribution in [0.4, 0.5) is 4.39 Å². The lowest BCUT2D eigenvalue weighted by molar-refractivity contribution is 0.0937. The maximum Gasteiger partial charge on any atom is 0.251 e. The van der Waals surface area contributed by atoms with Gasteiger partial charge >= 0.3 is 0 Å². The van der Waals surface area contributed by atoms with E-state index in [1.54, 1.807) is 24.3 Å². The van der Waals surface area contributed by atoms with Gasteiger partial charge in [-0.1, -0.05) is 48.0 Å². The Bertz CT molecular complexity index is 1160. The quantitative estimate of drug-likeness (QED) is 0.522. The van der Waals surface area contributed by atoms with Crippen LogP contribution in [0.5, 0.6) is 0 Å². The summed E-state index contributed by atoms with van der Waals surface area (Å²) in [6.45, 7) is 4.22. The number of aromatic nitrogens is 2. The molecular weight excluding hydrogens is 365 g/mol. The first-order chi connectivity index (χ1) is 14.0. The molecule has 4 aromatic rings. The van der Waals surface area contributed by atoms with Gasteiger partial charge in [0.2, 0.25) is 0 Å². The first kappa shape index (κ1) is 18.9. The van der Waals surface area contributed by atoms with Gasteiger partial charge in [0.05, 0.1) is 23.6 Å². The second kappa shape index (κ2) is 7.87. The molecule has 29 heavy (non-hydrogen) atoms. The number of nitrogens with zero attached hydrogens (tertiary/aromatic N) is 2. The third kappa shape index (κ3) is 3.90. The van der Waals surface area contributed by atoms with Gasteiger partial charge in [-0.3, -0.25) is 4.79 Å². The van der Waals surface area contributed by atoms with Gasteiger partial charge in [-0.15, -0.1) is 0 Å². The molecule has 1 heterocycles. The lowest BCUT2D eigenvalue weighted by atomic mass is 10.1. The highest BCUT2D eigenvalue weighted by Gasteiger charge is 2.20. The molecule has 0 aliphatic carbocycles. The van der Waals surface area contributed by atoms with Crippen molar-refractivity contribution in [2.45, 2.75) is 26.4 Å². The first-order valence-corrected chi connectivity index (χ1v) is 9.59. The molecule has 0 radical (unpaired) electrons. The fourth-order valence-corrected chi connectivity index (χ4v) is 3.44. The lowest BCUT2D eigenvalue weighted by Gasteiger charge is -2.17. The highest BCUT2D eigenvalue weighted by molar-refractivity contribution is 5.94. The predicted molar refractivity (Wildman–Crippen MR) is 112 cm³/mol. The Kier molecular flexibility index (Phi) is 5.12. The summed E-state index contributed by atoms with van der Waals surface area (Å²) in [4.78, 5) is 17.4. The zero-order chi connectivity index (χ0) is 20.4. The van der Waals surface area contributed by atoms with Crippen LogP contribution in [0, 0.1) is 12.7 Å². The number of carbonyl (C=O) groups is 1. The third-order valence-corrected chi connectivity index (χ3v) is 5.02. The Morgan fingerprint density at radius 1 is 1.03 bits per heavy atom.